The first-order valence-electron chi connectivity index (χ1n) is 8.21. The molecule has 0 bridgehead atoms. The third kappa shape index (κ3) is 5.56. The molecule has 0 aliphatic rings. The summed E-state index contributed by atoms with van der Waals surface area (Å²) >= 11 is 0. The van der Waals surface area contributed by atoms with Gasteiger partial charge in [-0.1, -0.05) is 6.07 Å². The second-order valence-electron chi connectivity index (χ2n) is 6.02. The van der Waals surface area contributed by atoms with E-state index in [2.05, 4.69) is 10.6 Å². The third-order valence-corrected chi connectivity index (χ3v) is 4.04. The number of anilines is 2. The van der Waals surface area contributed by atoms with Gasteiger partial charge >= 0.3 is 0 Å². The van der Waals surface area contributed by atoms with Gasteiger partial charge in [0, 0.05) is 17.4 Å². The minimum Gasteiger partial charge on any atom is -0.497 e. The number of carbonyl (C=O) groups is 2. The van der Waals surface area contributed by atoms with Gasteiger partial charge in [0.05, 0.1) is 14.2 Å². The monoisotopic (exact) mass is 360 g/mol. The average molecular weight is 360 g/mol. The number of rotatable bonds is 7. The lowest BCUT2D eigenvalue weighted by molar-refractivity contribution is -0.885. The molecular weight excluding hydrogens is 337 g/mol. The van der Waals surface area contributed by atoms with Gasteiger partial charge in [-0.3, -0.25) is 9.59 Å². The van der Waals surface area contributed by atoms with E-state index in [0.29, 0.717) is 17.1 Å². The number of quaternary nitrogens is 1. The Bertz CT molecular complexity index is 765. The van der Waals surface area contributed by atoms with Crippen LogP contribution >= 0.6 is 0 Å². The van der Waals surface area contributed by atoms with Crippen molar-refractivity contribution >= 4 is 23.2 Å². The number of methoxy groups -OCH3 is 1. The summed E-state index contributed by atoms with van der Waals surface area (Å²) in [5, 5.41) is 5.50. The van der Waals surface area contributed by atoms with E-state index in [9.17, 15) is 14.0 Å². The van der Waals surface area contributed by atoms with E-state index in [-0.39, 0.29) is 24.2 Å². The normalized spacial score (nSPS) is 12.8. The molecular formula is C19H23FN3O3+. The average Bonchev–Trinajstić information content (AvgIpc) is 2.62. The maximum Gasteiger partial charge on any atom is 0.282 e. The fourth-order valence-corrected chi connectivity index (χ4v) is 2.32. The van der Waals surface area contributed by atoms with Gasteiger partial charge in [0.15, 0.2) is 12.6 Å². The summed E-state index contributed by atoms with van der Waals surface area (Å²) in [6, 6.07) is 12.1. The minimum absolute atomic E-state index is 0.120. The van der Waals surface area contributed by atoms with Crippen molar-refractivity contribution in [3.63, 3.8) is 0 Å². The quantitative estimate of drug-likeness (QED) is 0.697. The minimum atomic E-state index is -0.462. The summed E-state index contributed by atoms with van der Waals surface area (Å²) < 4.78 is 18.0. The molecule has 0 heterocycles. The highest BCUT2D eigenvalue weighted by molar-refractivity contribution is 5.94. The van der Waals surface area contributed by atoms with Crippen molar-refractivity contribution < 1.29 is 23.6 Å². The van der Waals surface area contributed by atoms with Crippen molar-refractivity contribution in [2.75, 3.05) is 31.3 Å². The van der Waals surface area contributed by atoms with Gasteiger partial charge in [-0.25, -0.2) is 4.39 Å². The fourth-order valence-electron chi connectivity index (χ4n) is 2.32. The lowest BCUT2D eigenvalue weighted by Crippen LogP contribution is -3.14. The number of carbonyl (C=O) groups excluding carboxylic acids is 2. The number of halogens is 1. The van der Waals surface area contributed by atoms with Crippen LogP contribution < -0.4 is 20.3 Å². The molecule has 2 atom stereocenters. The van der Waals surface area contributed by atoms with E-state index in [1.165, 1.54) is 24.3 Å². The number of amides is 2. The zero-order chi connectivity index (χ0) is 19.1. The molecule has 2 rings (SSSR count). The Morgan fingerprint density at radius 1 is 1.12 bits per heavy atom. The van der Waals surface area contributed by atoms with E-state index in [1.807, 2.05) is 0 Å². The number of likely N-dealkylation sites (N-methyl/N-ethyl adjacent to an activating group) is 1. The molecule has 0 radical (unpaired) electrons. The first-order chi connectivity index (χ1) is 12.4. The predicted octanol–water partition coefficient (Wildman–Crippen LogP) is 1.31. The molecule has 2 aromatic carbocycles. The van der Waals surface area contributed by atoms with Crippen LogP contribution in [-0.4, -0.2) is 38.6 Å². The molecule has 0 aromatic heterocycles. The van der Waals surface area contributed by atoms with Gasteiger partial charge in [-0.05, 0) is 43.3 Å². The summed E-state index contributed by atoms with van der Waals surface area (Å²) in [6.07, 6.45) is 0. The second-order valence-corrected chi connectivity index (χ2v) is 6.02. The van der Waals surface area contributed by atoms with E-state index < -0.39 is 6.04 Å². The van der Waals surface area contributed by atoms with Crippen molar-refractivity contribution in [3.05, 3.63) is 54.3 Å². The topological polar surface area (TPSA) is 71.9 Å². The summed E-state index contributed by atoms with van der Waals surface area (Å²) in [7, 11) is 3.32. The number of nitrogens with one attached hydrogen (secondary N) is 3. The van der Waals surface area contributed by atoms with Crippen LogP contribution in [0, 0.1) is 5.82 Å². The maximum atomic E-state index is 12.9. The fraction of sp³-hybridized carbons (Fsp3) is 0.263. The molecule has 1 unspecified atom stereocenters. The Morgan fingerprint density at radius 3 is 2.46 bits per heavy atom. The zero-order valence-electron chi connectivity index (χ0n) is 15.0. The zero-order valence-corrected chi connectivity index (χ0v) is 15.0. The Balaban J connectivity index is 1.88. The third-order valence-electron chi connectivity index (χ3n) is 4.04. The molecule has 0 spiro atoms. The first kappa shape index (κ1) is 19.4. The molecule has 3 N–H and O–H groups in total. The van der Waals surface area contributed by atoms with Crippen molar-refractivity contribution in [1.82, 2.24) is 0 Å². The van der Waals surface area contributed by atoms with Gasteiger partial charge in [-0.2, -0.15) is 0 Å². The van der Waals surface area contributed by atoms with Crippen LogP contribution in [0.3, 0.4) is 0 Å². The molecule has 0 saturated carbocycles. The van der Waals surface area contributed by atoms with E-state index in [4.69, 9.17) is 4.74 Å². The molecule has 138 valence electrons. The van der Waals surface area contributed by atoms with Gasteiger partial charge in [0.25, 0.3) is 11.8 Å². The van der Waals surface area contributed by atoms with Crippen molar-refractivity contribution in [1.29, 1.82) is 0 Å². The van der Waals surface area contributed by atoms with E-state index in [1.54, 1.807) is 45.3 Å². The molecule has 0 aliphatic heterocycles. The summed E-state index contributed by atoms with van der Waals surface area (Å²) in [5.41, 5.74) is 1.14. The van der Waals surface area contributed by atoms with Crippen molar-refractivity contribution in [2.24, 2.45) is 0 Å². The molecule has 7 heteroatoms. The standard InChI is InChI=1S/C19H22FN3O3/c1-13(19(25)22-15-9-7-14(20)8-10-15)23(2)12-18(24)21-16-5-4-6-17(11-16)26-3/h4-11,13H,12H2,1-3H3,(H,21,24)(H,22,25)/p+1/t13-/m1/s1. The van der Waals surface area contributed by atoms with Crippen molar-refractivity contribution in [3.8, 4) is 5.75 Å². The Hall–Kier alpha value is -2.93. The van der Waals surface area contributed by atoms with Crippen LogP contribution in [0.5, 0.6) is 5.75 Å². The second kappa shape index (κ2) is 8.96. The van der Waals surface area contributed by atoms with Crippen LogP contribution in [0.4, 0.5) is 15.8 Å². The highest BCUT2D eigenvalue weighted by atomic mass is 19.1. The molecule has 26 heavy (non-hydrogen) atoms. The largest absolute Gasteiger partial charge is 0.497 e. The van der Waals surface area contributed by atoms with E-state index in [0.717, 1.165) is 4.90 Å². The molecule has 6 nitrogen and oxygen atoms in total. The lowest BCUT2D eigenvalue weighted by atomic mass is 10.2. The predicted molar refractivity (Wildman–Crippen MR) is 97.9 cm³/mol. The number of ether oxygens (including phenoxy) is 1. The lowest BCUT2D eigenvalue weighted by Gasteiger charge is -2.20. The van der Waals surface area contributed by atoms with Crippen LogP contribution in [-0.2, 0) is 9.59 Å². The summed E-state index contributed by atoms with van der Waals surface area (Å²) in [6.45, 7) is 1.85. The number of benzene rings is 2. The Labute approximate surface area is 152 Å². The molecule has 0 saturated heterocycles. The first-order valence-corrected chi connectivity index (χ1v) is 8.21. The van der Waals surface area contributed by atoms with Crippen LogP contribution in [0.1, 0.15) is 6.92 Å². The van der Waals surface area contributed by atoms with Gasteiger partial charge in [0.2, 0.25) is 0 Å². The van der Waals surface area contributed by atoms with Crippen molar-refractivity contribution in [2.45, 2.75) is 13.0 Å². The molecule has 2 amide bonds. The van der Waals surface area contributed by atoms with Gasteiger partial charge < -0.3 is 20.3 Å². The van der Waals surface area contributed by atoms with Crippen LogP contribution in [0.25, 0.3) is 0 Å². The van der Waals surface area contributed by atoms with Crippen LogP contribution in [0.15, 0.2) is 48.5 Å². The number of hydrogen-bond acceptors (Lipinski definition) is 3. The maximum absolute atomic E-state index is 12.9. The van der Waals surface area contributed by atoms with E-state index >= 15 is 0 Å². The summed E-state index contributed by atoms with van der Waals surface area (Å²) in [5.74, 6) is -0.177. The highest BCUT2D eigenvalue weighted by Gasteiger charge is 2.24. The molecule has 0 fully saturated rings. The van der Waals surface area contributed by atoms with Gasteiger partial charge in [0.1, 0.15) is 11.6 Å². The SMILES string of the molecule is COc1cccc(NC(=O)C[NH+](C)[C@H](C)C(=O)Nc2ccc(F)cc2)c1. The Kier molecular flexibility index (Phi) is 6.68. The summed E-state index contributed by atoms with van der Waals surface area (Å²) in [4.78, 5) is 25.2. The highest BCUT2D eigenvalue weighted by Crippen LogP contribution is 2.16. The Morgan fingerprint density at radius 2 is 1.81 bits per heavy atom. The smallest absolute Gasteiger partial charge is 0.282 e. The van der Waals surface area contributed by atoms with Gasteiger partial charge in [-0.15, -0.1) is 0 Å². The molecule has 2 aromatic rings. The molecule has 0 aliphatic carbocycles. The number of hydrogen-bond donors (Lipinski definition) is 3. The van der Waals surface area contributed by atoms with Crippen LogP contribution in [0.2, 0.25) is 0 Å².